The topological polar surface area (TPSA) is 26.0 Å². The summed E-state index contributed by atoms with van der Waals surface area (Å²) in [4.78, 5) is 0. The standard InChI is InChI=1S/C15H23BrIN/c1-3-5-6-11(4-2)9-15(18)13-10-12(17)7-8-14(13)16/h7-8,10-11,15H,3-6,9,18H2,1-2H3. The zero-order chi connectivity index (χ0) is 13.5. The Balaban J connectivity index is 2.67. The maximum Gasteiger partial charge on any atom is 0.0309 e. The van der Waals surface area contributed by atoms with Gasteiger partial charge in [-0.3, -0.25) is 0 Å². The van der Waals surface area contributed by atoms with Gasteiger partial charge >= 0.3 is 0 Å². The molecule has 3 heteroatoms. The highest BCUT2D eigenvalue weighted by Crippen LogP contribution is 2.30. The van der Waals surface area contributed by atoms with Gasteiger partial charge in [0, 0.05) is 14.1 Å². The summed E-state index contributed by atoms with van der Waals surface area (Å²) in [5, 5.41) is 0. The zero-order valence-electron chi connectivity index (χ0n) is 11.3. The summed E-state index contributed by atoms with van der Waals surface area (Å²) in [7, 11) is 0. The largest absolute Gasteiger partial charge is 0.324 e. The number of hydrogen-bond acceptors (Lipinski definition) is 1. The van der Waals surface area contributed by atoms with Crippen LogP contribution >= 0.6 is 38.5 Å². The zero-order valence-corrected chi connectivity index (χ0v) is 15.0. The molecule has 1 aromatic carbocycles. The molecule has 0 heterocycles. The Labute approximate surface area is 133 Å². The van der Waals surface area contributed by atoms with E-state index in [0.717, 1.165) is 16.8 Å². The third-order valence-corrected chi connectivity index (χ3v) is 4.88. The van der Waals surface area contributed by atoms with Crippen molar-refractivity contribution < 1.29 is 0 Å². The van der Waals surface area contributed by atoms with Crippen molar-refractivity contribution in [2.24, 2.45) is 11.7 Å². The van der Waals surface area contributed by atoms with E-state index in [-0.39, 0.29) is 6.04 Å². The van der Waals surface area contributed by atoms with Crippen LogP contribution in [0.1, 0.15) is 57.6 Å². The van der Waals surface area contributed by atoms with Crippen LogP contribution in [-0.2, 0) is 0 Å². The third kappa shape index (κ3) is 5.17. The maximum atomic E-state index is 6.38. The Kier molecular flexibility index (Phi) is 7.80. The van der Waals surface area contributed by atoms with E-state index in [4.69, 9.17) is 5.73 Å². The fraction of sp³-hybridized carbons (Fsp3) is 0.600. The fourth-order valence-electron chi connectivity index (χ4n) is 2.27. The van der Waals surface area contributed by atoms with Crippen LogP contribution < -0.4 is 5.73 Å². The predicted octanol–water partition coefficient (Wildman–Crippen LogP) is 5.66. The van der Waals surface area contributed by atoms with Crippen LogP contribution in [0.25, 0.3) is 0 Å². The molecule has 0 aliphatic rings. The molecule has 0 aliphatic carbocycles. The lowest BCUT2D eigenvalue weighted by molar-refractivity contribution is 0.388. The molecular formula is C15H23BrIN. The lowest BCUT2D eigenvalue weighted by Crippen LogP contribution is -2.16. The minimum Gasteiger partial charge on any atom is -0.324 e. The first-order chi connectivity index (χ1) is 8.58. The van der Waals surface area contributed by atoms with Crippen molar-refractivity contribution in [1.82, 2.24) is 0 Å². The smallest absolute Gasteiger partial charge is 0.0309 e. The minimum atomic E-state index is 0.149. The molecule has 0 amide bonds. The first-order valence-electron chi connectivity index (χ1n) is 6.79. The molecule has 2 N–H and O–H groups in total. The van der Waals surface area contributed by atoms with Crippen molar-refractivity contribution in [3.8, 4) is 0 Å². The molecule has 0 spiro atoms. The van der Waals surface area contributed by atoms with Gasteiger partial charge in [-0.15, -0.1) is 0 Å². The summed E-state index contributed by atoms with van der Waals surface area (Å²) in [5.74, 6) is 0.754. The van der Waals surface area contributed by atoms with Crippen LogP contribution in [0, 0.1) is 9.49 Å². The molecule has 0 saturated heterocycles. The Hall–Kier alpha value is 0.390. The van der Waals surface area contributed by atoms with Crippen molar-refractivity contribution in [3.63, 3.8) is 0 Å². The molecule has 0 aliphatic heterocycles. The van der Waals surface area contributed by atoms with E-state index < -0.39 is 0 Å². The van der Waals surface area contributed by atoms with Crippen molar-refractivity contribution >= 4 is 38.5 Å². The Morgan fingerprint density at radius 3 is 2.67 bits per heavy atom. The lowest BCUT2D eigenvalue weighted by atomic mass is 9.90. The van der Waals surface area contributed by atoms with Crippen LogP contribution in [0.2, 0.25) is 0 Å². The highest BCUT2D eigenvalue weighted by Gasteiger charge is 2.15. The summed E-state index contributed by atoms with van der Waals surface area (Å²) in [5.41, 5.74) is 7.63. The summed E-state index contributed by atoms with van der Waals surface area (Å²) < 4.78 is 2.39. The van der Waals surface area contributed by atoms with Gasteiger partial charge in [-0.25, -0.2) is 0 Å². The normalized spacial score (nSPS) is 14.5. The van der Waals surface area contributed by atoms with Gasteiger partial charge in [0.15, 0.2) is 0 Å². The van der Waals surface area contributed by atoms with Gasteiger partial charge in [0.25, 0.3) is 0 Å². The van der Waals surface area contributed by atoms with Crippen LogP contribution in [-0.4, -0.2) is 0 Å². The molecule has 102 valence electrons. The second-order valence-corrected chi connectivity index (χ2v) is 7.02. The van der Waals surface area contributed by atoms with Crippen LogP contribution in [0.3, 0.4) is 0 Å². The number of nitrogens with two attached hydrogens (primary N) is 1. The van der Waals surface area contributed by atoms with E-state index in [1.54, 1.807) is 0 Å². The minimum absolute atomic E-state index is 0.149. The van der Waals surface area contributed by atoms with E-state index in [2.05, 4.69) is 70.6 Å². The molecule has 0 saturated carbocycles. The van der Waals surface area contributed by atoms with Gasteiger partial charge < -0.3 is 5.73 Å². The van der Waals surface area contributed by atoms with Gasteiger partial charge in [-0.1, -0.05) is 55.5 Å². The van der Waals surface area contributed by atoms with E-state index in [9.17, 15) is 0 Å². The first-order valence-corrected chi connectivity index (χ1v) is 8.66. The Morgan fingerprint density at radius 2 is 2.06 bits per heavy atom. The van der Waals surface area contributed by atoms with Crippen LogP contribution in [0.5, 0.6) is 0 Å². The average Bonchev–Trinajstić information content (AvgIpc) is 2.37. The number of unbranched alkanes of at least 4 members (excludes halogenated alkanes) is 1. The molecule has 1 aromatic rings. The lowest BCUT2D eigenvalue weighted by Gasteiger charge is -2.21. The molecule has 2 unspecified atom stereocenters. The van der Waals surface area contributed by atoms with Gasteiger partial charge in [0.2, 0.25) is 0 Å². The van der Waals surface area contributed by atoms with Crippen molar-refractivity contribution in [2.45, 2.75) is 52.0 Å². The summed E-state index contributed by atoms with van der Waals surface area (Å²) in [6.45, 7) is 4.53. The maximum absolute atomic E-state index is 6.38. The van der Waals surface area contributed by atoms with E-state index in [1.165, 1.54) is 34.8 Å². The molecule has 2 atom stereocenters. The third-order valence-electron chi connectivity index (χ3n) is 3.49. The monoisotopic (exact) mass is 423 g/mol. The number of halogens is 2. The van der Waals surface area contributed by atoms with Crippen LogP contribution in [0.15, 0.2) is 22.7 Å². The molecule has 0 radical (unpaired) electrons. The van der Waals surface area contributed by atoms with Gasteiger partial charge in [0.05, 0.1) is 0 Å². The SMILES string of the molecule is CCCCC(CC)CC(N)c1cc(I)ccc1Br. The molecule has 0 aromatic heterocycles. The van der Waals surface area contributed by atoms with Crippen molar-refractivity contribution in [2.75, 3.05) is 0 Å². The number of benzene rings is 1. The highest BCUT2D eigenvalue weighted by atomic mass is 127. The first kappa shape index (κ1) is 16.4. The van der Waals surface area contributed by atoms with E-state index in [0.29, 0.717) is 0 Å². The van der Waals surface area contributed by atoms with E-state index in [1.807, 2.05) is 0 Å². The van der Waals surface area contributed by atoms with Crippen molar-refractivity contribution in [3.05, 3.63) is 31.8 Å². The van der Waals surface area contributed by atoms with Gasteiger partial charge in [0.1, 0.15) is 0 Å². The molecule has 1 rings (SSSR count). The summed E-state index contributed by atoms with van der Waals surface area (Å²) in [6, 6.07) is 6.55. The Morgan fingerprint density at radius 1 is 1.33 bits per heavy atom. The molecule has 1 nitrogen and oxygen atoms in total. The fourth-order valence-corrected chi connectivity index (χ4v) is 3.32. The highest BCUT2D eigenvalue weighted by molar-refractivity contribution is 14.1. The Bertz CT molecular complexity index is 368. The summed E-state index contributed by atoms with van der Waals surface area (Å²) in [6.07, 6.45) is 6.23. The van der Waals surface area contributed by atoms with Crippen LogP contribution in [0.4, 0.5) is 0 Å². The summed E-state index contributed by atoms with van der Waals surface area (Å²) >= 11 is 5.96. The molecular weight excluding hydrogens is 401 g/mol. The second-order valence-electron chi connectivity index (χ2n) is 4.92. The molecule has 0 fully saturated rings. The average molecular weight is 424 g/mol. The predicted molar refractivity (Wildman–Crippen MR) is 91.7 cm³/mol. The quantitative estimate of drug-likeness (QED) is 0.562. The molecule has 0 bridgehead atoms. The van der Waals surface area contributed by atoms with Crippen molar-refractivity contribution in [1.29, 1.82) is 0 Å². The van der Waals surface area contributed by atoms with Gasteiger partial charge in [-0.05, 0) is 58.7 Å². The second kappa shape index (κ2) is 8.54. The van der Waals surface area contributed by atoms with Gasteiger partial charge in [-0.2, -0.15) is 0 Å². The number of hydrogen-bond donors (Lipinski definition) is 1. The van der Waals surface area contributed by atoms with E-state index >= 15 is 0 Å². The molecule has 18 heavy (non-hydrogen) atoms. The number of rotatable bonds is 7.